The van der Waals surface area contributed by atoms with Crippen molar-refractivity contribution in [3.8, 4) is 5.75 Å². The van der Waals surface area contributed by atoms with Crippen molar-refractivity contribution in [1.29, 1.82) is 0 Å². The highest BCUT2D eigenvalue weighted by molar-refractivity contribution is 6.01. The van der Waals surface area contributed by atoms with E-state index in [4.69, 9.17) is 0 Å². The Balaban J connectivity index is 1.67. The highest BCUT2D eigenvalue weighted by Gasteiger charge is 2.25. The van der Waals surface area contributed by atoms with Gasteiger partial charge in [-0.3, -0.25) is 4.79 Å². The van der Waals surface area contributed by atoms with Crippen LogP contribution >= 0.6 is 0 Å². The molecular weight excluding hydrogens is 264 g/mol. The molecule has 0 spiro atoms. The number of phenolic OH excluding ortho intramolecular Hbond substituents is 1. The first-order chi connectivity index (χ1) is 10.1. The number of rotatable bonds is 5. The Morgan fingerprint density at radius 1 is 1.29 bits per heavy atom. The lowest BCUT2D eigenvalue weighted by Crippen LogP contribution is -2.34. The van der Waals surface area contributed by atoms with Crippen molar-refractivity contribution in [2.45, 2.75) is 18.9 Å². The summed E-state index contributed by atoms with van der Waals surface area (Å²) in [5.74, 6) is -0.191. The molecule has 3 rings (SSSR count). The third kappa shape index (κ3) is 3.16. The highest BCUT2D eigenvalue weighted by atomic mass is 16.3. The smallest absolute Gasteiger partial charge is 0.255 e. The monoisotopic (exact) mass is 284 g/mol. The predicted octanol–water partition coefficient (Wildman–Crippen LogP) is 2.37. The number of amides is 1. The van der Waals surface area contributed by atoms with E-state index in [2.05, 4.69) is 17.3 Å². The van der Waals surface area contributed by atoms with Gasteiger partial charge in [0, 0.05) is 19.1 Å². The van der Waals surface area contributed by atoms with Crippen molar-refractivity contribution in [1.82, 2.24) is 10.2 Å². The molecule has 4 heteroatoms. The second kappa shape index (κ2) is 5.74. The summed E-state index contributed by atoms with van der Waals surface area (Å²) in [7, 11) is 2.08. The van der Waals surface area contributed by atoms with Crippen LogP contribution in [0.1, 0.15) is 23.2 Å². The Bertz CT molecular complexity index is 665. The highest BCUT2D eigenvalue weighted by Crippen LogP contribution is 2.25. The third-order valence-corrected chi connectivity index (χ3v) is 4.03. The van der Waals surface area contributed by atoms with Crippen molar-refractivity contribution in [3.05, 3.63) is 42.0 Å². The Hall–Kier alpha value is -2.07. The van der Waals surface area contributed by atoms with Crippen molar-refractivity contribution in [3.63, 3.8) is 0 Å². The largest absolute Gasteiger partial charge is 0.507 e. The summed E-state index contributed by atoms with van der Waals surface area (Å²) in [4.78, 5) is 14.5. The van der Waals surface area contributed by atoms with E-state index in [9.17, 15) is 9.90 Å². The zero-order valence-corrected chi connectivity index (χ0v) is 12.2. The topological polar surface area (TPSA) is 52.6 Å². The normalized spacial score (nSPS) is 14.6. The van der Waals surface area contributed by atoms with Crippen molar-refractivity contribution >= 4 is 16.7 Å². The molecule has 2 N–H and O–H groups in total. The van der Waals surface area contributed by atoms with Gasteiger partial charge in [0.1, 0.15) is 5.75 Å². The average Bonchev–Trinajstić information content (AvgIpc) is 3.31. The van der Waals surface area contributed by atoms with Crippen LogP contribution in [0.25, 0.3) is 10.8 Å². The van der Waals surface area contributed by atoms with E-state index in [-0.39, 0.29) is 11.7 Å². The number of nitrogens with zero attached hydrogens (tertiary/aromatic N) is 1. The number of carbonyl (C=O) groups is 1. The molecule has 2 aromatic rings. The van der Waals surface area contributed by atoms with Crippen LogP contribution in [-0.2, 0) is 0 Å². The summed E-state index contributed by atoms with van der Waals surface area (Å²) in [6, 6.07) is 11.8. The van der Waals surface area contributed by atoms with Crippen LogP contribution < -0.4 is 5.32 Å². The molecule has 0 aliphatic heterocycles. The average molecular weight is 284 g/mol. The molecule has 1 fully saturated rings. The Morgan fingerprint density at radius 2 is 1.95 bits per heavy atom. The molecule has 0 atom stereocenters. The van der Waals surface area contributed by atoms with Crippen molar-refractivity contribution in [2.75, 3.05) is 20.1 Å². The van der Waals surface area contributed by atoms with E-state index in [1.807, 2.05) is 24.3 Å². The maximum Gasteiger partial charge on any atom is 0.255 e. The minimum absolute atomic E-state index is 0.0294. The molecule has 0 bridgehead atoms. The summed E-state index contributed by atoms with van der Waals surface area (Å²) in [5.41, 5.74) is 0.336. The van der Waals surface area contributed by atoms with Crippen LogP contribution in [0.2, 0.25) is 0 Å². The van der Waals surface area contributed by atoms with Gasteiger partial charge >= 0.3 is 0 Å². The van der Waals surface area contributed by atoms with E-state index >= 15 is 0 Å². The molecule has 0 heterocycles. The van der Waals surface area contributed by atoms with E-state index in [0.717, 1.165) is 17.3 Å². The van der Waals surface area contributed by atoms with Crippen LogP contribution in [0.3, 0.4) is 0 Å². The van der Waals surface area contributed by atoms with E-state index in [1.165, 1.54) is 12.8 Å². The van der Waals surface area contributed by atoms with E-state index < -0.39 is 0 Å². The van der Waals surface area contributed by atoms with Gasteiger partial charge in [-0.05, 0) is 42.8 Å². The fourth-order valence-corrected chi connectivity index (χ4v) is 2.55. The lowest BCUT2D eigenvalue weighted by Gasteiger charge is -2.16. The summed E-state index contributed by atoms with van der Waals surface area (Å²) in [6.45, 7) is 1.43. The van der Waals surface area contributed by atoms with Gasteiger partial charge in [0.2, 0.25) is 0 Å². The van der Waals surface area contributed by atoms with Gasteiger partial charge in [0.15, 0.2) is 0 Å². The SMILES string of the molecule is CN(CCNC(=O)c1cc2ccccc2cc1O)C1CC1. The van der Waals surface area contributed by atoms with Gasteiger partial charge in [-0.15, -0.1) is 0 Å². The lowest BCUT2D eigenvalue weighted by molar-refractivity contribution is 0.0947. The molecule has 1 amide bonds. The zero-order valence-electron chi connectivity index (χ0n) is 12.2. The maximum absolute atomic E-state index is 12.2. The molecule has 21 heavy (non-hydrogen) atoms. The van der Waals surface area contributed by atoms with Gasteiger partial charge in [0.25, 0.3) is 5.91 Å². The first-order valence-electron chi connectivity index (χ1n) is 7.35. The number of aromatic hydroxyl groups is 1. The number of likely N-dealkylation sites (N-methyl/N-ethyl adjacent to an activating group) is 1. The third-order valence-electron chi connectivity index (χ3n) is 4.03. The Labute approximate surface area is 124 Å². The maximum atomic E-state index is 12.2. The number of fused-ring (bicyclic) bond motifs is 1. The minimum Gasteiger partial charge on any atom is -0.507 e. The molecule has 1 aliphatic carbocycles. The minimum atomic E-state index is -0.220. The fraction of sp³-hybridized carbons (Fsp3) is 0.353. The zero-order chi connectivity index (χ0) is 14.8. The standard InChI is InChI=1S/C17H20N2O2/c1-19(14-6-7-14)9-8-18-17(21)15-10-12-4-2-3-5-13(12)11-16(15)20/h2-5,10-11,14,20H,6-9H2,1H3,(H,18,21). The van der Waals surface area contributed by atoms with Gasteiger partial charge in [-0.1, -0.05) is 24.3 Å². The van der Waals surface area contributed by atoms with E-state index in [0.29, 0.717) is 18.2 Å². The number of carbonyl (C=O) groups excluding carboxylic acids is 1. The molecular formula is C17H20N2O2. The van der Waals surface area contributed by atoms with Crippen LogP contribution in [0.5, 0.6) is 5.75 Å². The quantitative estimate of drug-likeness (QED) is 0.886. The summed E-state index contributed by atoms with van der Waals surface area (Å²) in [6.07, 6.45) is 2.52. The summed E-state index contributed by atoms with van der Waals surface area (Å²) >= 11 is 0. The number of phenols is 1. The van der Waals surface area contributed by atoms with Gasteiger partial charge < -0.3 is 15.3 Å². The lowest BCUT2D eigenvalue weighted by atomic mass is 10.1. The molecule has 0 unspecified atom stereocenters. The first-order valence-corrected chi connectivity index (χ1v) is 7.35. The molecule has 0 radical (unpaired) electrons. The van der Waals surface area contributed by atoms with Crippen LogP contribution in [-0.4, -0.2) is 42.1 Å². The van der Waals surface area contributed by atoms with E-state index in [1.54, 1.807) is 12.1 Å². The fourth-order valence-electron chi connectivity index (χ4n) is 2.55. The number of benzene rings is 2. The predicted molar refractivity (Wildman–Crippen MR) is 83.6 cm³/mol. The molecule has 4 nitrogen and oxygen atoms in total. The molecule has 1 aliphatic rings. The first kappa shape index (κ1) is 13.9. The summed E-state index contributed by atoms with van der Waals surface area (Å²) in [5, 5.41) is 14.8. The van der Waals surface area contributed by atoms with Gasteiger partial charge in [-0.2, -0.15) is 0 Å². The van der Waals surface area contributed by atoms with Crippen LogP contribution in [0.4, 0.5) is 0 Å². The number of hydrogen-bond donors (Lipinski definition) is 2. The van der Waals surface area contributed by atoms with Gasteiger partial charge in [0.05, 0.1) is 5.56 Å². The molecule has 1 saturated carbocycles. The summed E-state index contributed by atoms with van der Waals surface area (Å²) < 4.78 is 0. The van der Waals surface area contributed by atoms with Crippen LogP contribution in [0.15, 0.2) is 36.4 Å². The number of hydrogen-bond acceptors (Lipinski definition) is 3. The second-order valence-corrected chi connectivity index (χ2v) is 5.68. The molecule has 0 aromatic heterocycles. The Kier molecular flexibility index (Phi) is 3.80. The van der Waals surface area contributed by atoms with Crippen molar-refractivity contribution in [2.24, 2.45) is 0 Å². The molecule has 0 saturated heterocycles. The molecule has 110 valence electrons. The van der Waals surface area contributed by atoms with Gasteiger partial charge in [-0.25, -0.2) is 0 Å². The number of nitrogens with one attached hydrogen (secondary N) is 1. The second-order valence-electron chi connectivity index (χ2n) is 5.68. The van der Waals surface area contributed by atoms with Crippen LogP contribution in [0, 0.1) is 0 Å². The van der Waals surface area contributed by atoms with Crippen molar-refractivity contribution < 1.29 is 9.90 Å². The molecule has 2 aromatic carbocycles. The Morgan fingerprint density at radius 3 is 2.62 bits per heavy atom.